The summed E-state index contributed by atoms with van der Waals surface area (Å²) in [5, 5.41) is 9.53. The Kier molecular flexibility index (Phi) is 4.68. The van der Waals surface area contributed by atoms with Crippen LogP contribution in [0, 0.1) is 0 Å². The molecule has 0 saturated carbocycles. The van der Waals surface area contributed by atoms with Gasteiger partial charge in [0.15, 0.2) is 5.78 Å². The second-order valence-electron chi connectivity index (χ2n) is 7.26. The molecule has 2 aromatic rings. The quantitative estimate of drug-likeness (QED) is 0.776. The molecule has 0 aromatic heterocycles. The minimum atomic E-state index is -4.46. The molecule has 2 aliphatic rings. The molecule has 0 radical (unpaired) electrons. The number of carbonyl (C=O) groups excluding carboxylic acids is 2. The van der Waals surface area contributed by atoms with Gasteiger partial charge in [0.05, 0.1) is 5.56 Å². The number of ketones is 1. The lowest BCUT2D eigenvalue weighted by molar-refractivity contribution is -0.137. The van der Waals surface area contributed by atoms with E-state index in [1.54, 1.807) is 12.1 Å². The van der Waals surface area contributed by atoms with Crippen molar-refractivity contribution in [3.8, 4) is 5.75 Å². The number of halogens is 3. The number of Topliss-reactive ketones (excluding diaryl/α,β-unsaturated/α-hetero) is 1. The average Bonchev–Trinajstić information content (AvgIpc) is 2.67. The van der Waals surface area contributed by atoms with Gasteiger partial charge in [-0.15, -0.1) is 0 Å². The summed E-state index contributed by atoms with van der Waals surface area (Å²) in [6, 6.07) is 10.8. The van der Waals surface area contributed by atoms with E-state index in [0.29, 0.717) is 36.2 Å². The van der Waals surface area contributed by atoms with Crippen LogP contribution in [0.1, 0.15) is 42.7 Å². The maximum atomic E-state index is 13.0. The van der Waals surface area contributed by atoms with E-state index in [9.17, 15) is 27.9 Å². The lowest BCUT2D eigenvalue weighted by atomic mass is 9.77. The van der Waals surface area contributed by atoms with Crippen LogP contribution in [-0.4, -0.2) is 16.8 Å². The second kappa shape index (κ2) is 7.06. The number of allylic oxidation sites excluding steroid dienone is 2. The van der Waals surface area contributed by atoms with E-state index in [0.717, 1.165) is 17.7 Å². The highest BCUT2D eigenvalue weighted by molar-refractivity contribution is 6.07. The number of nitrogens with zero attached hydrogens (tertiary/aromatic N) is 1. The number of amides is 1. The average molecular weight is 401 g/mol. The summed E-state index contributed by atoms with van der Waals surface area (Å²) in [5.74, 6) is -0.645. The van der Waals surface area contributed by atoms with E-state index < -0.39 is 17.7 Å². The van der Waals surface area contributed by atoms with Gasteiger partial charge in [-0.3, -0.25) is 14.5 Å². The van der Waals surface area contributed by atoms with Crippen molar-refractivity contribution in [2.24, 2.45) is 0 Å². The molecule has 150 valence electrons. The molecule has 2 aromatic carbocycles. The highest BCUT2D eigenvalue weighted by atomic mass is 19.4. The minimum absolute atomic E-state index is 0.0381. The van der Waals surface area contributed by atoms with E-state index in [1.807, 2.05) is 0 Å². The number of carbonyl (C=O) groups is 2. The van der Waals surface area contributed by atoms with Crippen molar-refractivity contribution in [2.75, 3.05) is 4.90 Å². The van der Waals surface area contributed by atoms with Crippen LogP contribution in [0.5, 0.6) is 5.75 Å². The van der Waals surface area contributed by atoms with E-state index in [2.05, 4.69) is 0 Å². The van der Waals surface area contributed by atoms with Crippen molar-refractivity contribution in [2.45, 2.75) is 37.8 Å². The van der Waals surface area contributed by atoms with Crippen LogP contribution in [-0.2, 0) is 15.8 Å². The van der Waals surface area contributed by atoms with Gasteiger partial charge in [0, 0.05) is 35.7 Å². The molecular formula is C22H18F3NO3. The molecule has 0 spiro atoms. The molecule has 0 fully saturated rings. The Morgan fingerprint density at radius 2 is 1.59 bits per heavy atom. The molecule has 1 unspecified atom stereocenters. The molecular weight excluding hydrogens is 383 g/mol. The Hall–Kier alpha value is -3.09. The number of phenolic OH excluding ortho intramolecular Hbond substituents is 1. The molecule has 29 heavy (non-hydrogen) atoms. The van der Waals surface area contributed by atoms with Crippen molar-refractivity contribution >= 4 is 17.4 Å². The van der Waals surface area contributed by atoms with Crippen molar-refractivity contribution in [3.05, 3.63) is 70.9 Å². The number of benzene rings is 2. The van der Waals surface area contributed by atoms with Gasteiger partial charge in [-0.05, 0) is 54.8 Å². The number of alkyl halides is 3. The first-order chi connectivity index (χ1) is 13.8. The molecule has 1 N–H and O–H groups in total. The van der Waals surface area contributed by atoms with Crippen LogP contribution in [0.25, 0.3) is 0 Å². The van der Waals surface area contributed by atoms with Crippen LogP contribution in [0.4, 0.5) is 18.9 Å². The first kappa shape index (κ1) is 19.2. The third-order valence-corrected chi connectivity index (χ3v) is 5.42. The number of rotatable bonds is 2. The van der Waals surface area contributed by atoms with Gasteiger partial charge in [-0.2, -0.15) is 13.2 Å². The Bertz CT molecular complexity index is 991. The van der Waals surface area contributed by atoms with Crippen LogP contribution in [0.2, 0.25) is 0 Å². The Balaban J connectivity index is 1.79. The third-order valence-electron chi connectivity index (χ3n) is 5.42. The molecule has 1 heterocycles. The number of aromatic hydroxyl groups is 1. The maximum absolute atomic E-state index is 13.0. The standard InChI is InChI=1S/C22H18F3NO3/c23-22(24,25)14-6-8-15(9-7-14)26-18-2-1-3-19(28)21(18)17(12-20(26)29)13-4-10-16(27)11-5-13/h4-11,17,27H,1-3,12H2. The first-order valence-corrected chi connectivity index (χ1v) is 9.31. The van der Waals surface area contributed by atoms with Crippen molar-refractivity contribution in [1.82, 2.24) is 0 Å². The van der Waals surface area contributed by atoms with Crippen molar-refractivity contribution in [3.63, 3.8) is 0 Å². The summed E-state index contributed by atoms with van der Waals surface area (Å²) in [7, 11) is 0. The molecule has 1 aliphatic heterocycles. The number of hydrogen-bond donors (Lipinski definition) is 1. The Morgan fingerprint density at radius 3 is 2.21 bits per heavy atom. The highest BCUT2D eigenvalue weighted by Gasteiger charge is 2.40. The number of hydrogen-bond acceptors (Lipinski definition) is 3. The fourth-order valence-corrected chi connectivity index (χ4v) is 4.08. The maximum Gasteiger partial charge on any atom is 0.416 e. The van der Waals surface area contributed by atoms with Crippen LogP contribution in [0.3, 0.4) is 0 Å². The lowest BCUT2D eigenvalue weighted by Crippen LogP contribution is -2.40. The Labute approximate surface area is 165 Å². The zero-order valence-electron chi connectivity index (χ0n) is 15.4. The highest BCUT2D eigenvalue weighted by Crippen LogP contribution is 2.44. The van der Waals surface area contributed by atoms with Crippen molar-refractivity contribution < 1.29 is 27.9 Å². The smallest absolute Gasteiger partial charge is 0.416 e. The molecule has 0 bridgehead atoms. The molecule has 1 amide bonds. The van der Waals surface area contributed by atoms with E-state index in [-0.39, 0.29) is 23.9 Å². The van der Waals surface area contributed by atoms with Crippen LogP contribution >= 0.6 is 0 Å². The summed E-state index contributed by atoms with van der Waals surface area (Å²) in [6.45, 7) is 0. The molecule has 4 nitrogen and oxygen atoms in total. The van der Waals surface area contributed by atoms with Gasteiger partial charge < -0.3 is 5.11 Å². The topological polar surface area (TPSA) is 57.6 Å². The predicted molar refractivity (Wildman–Crippen MR) is 100 cm³/mol. The summed E-state index contributed by atoms with van der Waals surface area (Å²) in [5.41, 5.74) is 1.40. The molecule has 1 atom stereocenters. The zero-order chi connectivity index (χ0) is 20.8. The molecule has 7 heteroatoms. The summed E-state index contributed by atoms with van der Waals surface area (Å²) in [6.07, 6.45) is -2.95. The largest absolute Gasteiger partial charge is 0.508 e. The van der Waals surface area contributed by atoms with Gasteiger partial charge in [0.1, 0.15) is 5.75 Å². The van der Waals surface area contributed by atoms with Gasteiger partial charge in [0.25, 0.3) is 0 Å². The SMILES string of the molecule is O=C1CCCC2=C1C(c1ccc(O)cc1)CC(=O)N2c1ccc(C(F)(F)F)cc1. The van der Waals surface area contributed by atoms with Gasteiger partial charge in [-0.25, -0.2) is 0 Å². The van der Waals surface area contributed by atoms with E-state index >= 15 is 0 Å². The van der Waals surface area contributed by atoms with E-state index in [4.69, 9.17) is 0 Å². The number of anilines is 1. The third kappa shape index (κ3) is 3.52. The zero-order valence-corrected chi connectivity index (χ0v) is 15.4. The summed E-state index contributed by atoms with van der Waals surface area (Å²) >= 11 is 0. The van der Waals surface area contributed by atoms with Crippen molar-refractivity contribution in [1.29, 1.82) is 0 Å². The van der Waals surface area contributed by atoms with E-state index in [1.165, 1.54) is 29.2 Å². The van der Waals surface area contributed by atoms with Gasteiger partial charge in [0.2, 0.25) is 5.91 Å². The second-order valence-corrected chi connectivity index (χ2v) is 7.26. The molecule has 1 aliphatic carbocycles. The monoisotopic (exact) mass is 401 g/mol. The van der Waals surface area contributed by atoms with Gasteiger partial charge >= 0.3 is 6.18 Å². The fraction of sp³-hybridized carbons (Fsp3) is 0.273. The van der Waals surface area contributed by atoms with Gasteiger partial charge in [-0.1, -0.05) is 12.1 Å². The first-order valence-electron chi connectivity index (χ1n) is 9.31. The lowest BCUT2D eigenvalue weighted by Gasteiger charge is -2.38. The Morgan fingerprint density at radius 1 is 0.931 bits per heavy atom. The van der Waals surface area contributed by atoms with Crippen LogP contribution in [0.15, 0.2) is 59.8 Å². The van der Waals surface area contributed by atoms with Crippen LogP contribution < -0.4 is 4.90 Å². The summed E-state index contributed by atoms with van der Waals surface area (Å²) in [4.78, 5) is 27.1. The summed E-state index contributed by atoms with van der Waals surface area (Å²) < 4.78 is 38.6. The normalized spacial score (nSPS) is 20.1. The fourth-order valence-electron chi connectivity index (χ4n) is 4.08. The number of phenols is 1. The minimum Gasteiger partial charge on any atom is -0.508 e. The molecule has 4 rings (SSSR count). The molecule has 0 saturated heterocycles. The predicted octanol–water partition coefficient (Wildman–Crippen LogP) is 4.94.